The summed E-state index contributed by atoms with van der Waals surface area (Å²) in [5.41, 5.74) is 0.965. The van der Waals surface area contributed by atoms with E-state index in [1.807, 2.05) is 6.92 Å². The van der Waals surface area contributed by atoms with Crippen LogP contribution in [0.2, 0.25) is 0 Å². The summed E-state index contributed by atoms with van der Waals surface area (Å²) < 4.78 is 27.5. The number of ether oxygens (including phenoxy) is 1. The average molecular weight is 228 g/mol. The summed E-state index contributed by atoms with van der Waals surface area (Å²) in [5.74, 6) is -1.37. The van der Waals surface area contributed by atoms with E-state index in [0.717, 1.165) is 12.7 Å². The van der Waals surface area contributed by atoms with Crippen molar-refractivity contribution in [2.24, 2.45) is 0 Å². The van der Waals surface area contributed by atoms with Gasteiger partial charge in [-0.25, -0.2) is 8.42 Å². The predicted molar refractivity (Wildman–Crippen MR) is 55.2 cm³/mol. The van der Waals surface area contributed by atoms with Crippen molar-refractivity contribution >= 4 is 15.8 Å². The third-order valence-electron chi connectivity index (χ3n) is 1.92. The summed E-state index contributed by atoms with van der Waals surface area (Å²) in [7, 11) is -2.40. The van der Waals surface area contributed by atoms with Gasteiger partial charge in [0.1, 0.15) is 0 Å². The fourth-order valence-corrected chi connectivity index (χ4v) is 2.19. The van der Waals surface area contributed by atoms with Crippen LogP contribution in [0.1, 0.15) is 5.56 Å². The molecule has 0 bridgehead atoms. The van der Waals surface area contributed by atoms with Gasteiger partial charge in [0.25, 0.3) is 0 Å². The van der Waals surface area contributed by atoms with Crippen LogP contribution in [-0.4, -0.2) is 27.2 Å². The highest BCUT2D eigenvalue weighted by Crippen LogP contribution is 2.12. The number of hydrogen-bond acceptors (Lipinski definition) is 4. The number of sulfone groups is 1. The zero-order valence-electron chi connectivity index (χ0n) is 8.56. The fraction of sp³-hybridized carbons (Fsp3) is 0.300. The summed E-state index contributed by atoms with van der Waals surface area (Å²) in [5, 5.41) is 0. The van der Waals surface area contributed by atoms with Gasteiger partial charge >= 0.3 is 5.97 Å². The minimum atomic E-state index is -3.56. The van der Waals surface area contributed by atoms with E-state index in [9.17, 15) is 13.2 Å². The van der Waals surface area contributed by atoms with Gasteiger partial charge in [-0.15, -0.1) is 0 Å². The van der Waals surface area contributed by atoms with Crippen LogP contribution in [0.5, 0.6) is 0 Å². The van der Waals surface area contributed by atoms with Gasteiger partial charge in [-0.05, 0) is 19.1 Å². The Balaban J connectivity index is 2.96. The number of methoxy groups -OCH3 is 1. The quantitative estimate of drug-likeness (QED) is 0.722. The van der Waals surface area contributed by atoms with Gasteiger partial charge in [-0.2, -0.15) is 0 Å². The molecule has 1 rings (SSSR count). The van der Waals surface area contributed by atoms with E-state index in [-0.39, 0.29) is 4.90 Å². The van der Waals surface area contributed by atoms with Crippen LogP contribution in [0.4, 0.5) is 0 Å². The van der Waals surface area contributed by atoms with Crippen LogP contribution >= 0.6 is 0 Å². The van der Waals surface area contributed by atoms with Crippen molar-refractivity contribution in [3.63, 3.8) is 0 Å². The molecule has 82 valence electrons. The Hall–Kier alpha value is -1.36. The van der Waals surface area contributed by atoms with Crippen molar-refractivity contribution in [3.8, 4) is 0 Å². The molecule has 0 radical (unpaired) electrons. The Labute approximate surface area is 88.8 Å². The molecule has 15 heavy (non-hydrogen) atoms. The van der Waals surface area contributed by atoms with Gasteiger partial charge in [-0.3, -0.25) is 4.79 Å². The van der Waals surface area contributed by atoms with Crippen molar-refractivity contribution in [3.05, 3.63) is 29.8 Å². The monoisotopic (exact) mass is 228 g/mol. The van der Waals surface area contributed by atoms with Crippen LogP contribution in [0.15, 0.2) is 29.2 Å². The first-order valence-corrected chi connectivity index (χ1v) is 5.97. The highest BCUT2D eigenvalue weighted by molar-refractivity contribution is 7.92. The molecule has 5 heteroatoms. The summed E-state index contributed by atoms with van der Waals surface area (Å²) >= 11 is 0. The fourth-order valence-electron chi connectivity index (χ4n) is 1.04. The van der Waals surface area contributed by atoms with Gasteiger partial charge in [0.05, 0.1) is 12.0 Å². The minimum absolute atomic E-state index is 0.138. The third-order valence-corrected chi connectivity index (χ3v) is 3.52. The van der Waals surface area contributed by atoms with Crippen molar-refractivity contribution in [2.45, 2.75) is 11.8 Å². The SMILES string of the molecule is COC(=O)CS(=O)(=O)c1ccc(C)cc1. The van der Waals surface area contributed by atoms with Gasteiger partial charge < -0.3 is 4.74 Å². The number of esters is 1. The standard InChI is InChI=1S/C10H12O4S/c1-8-3-5-9(6-4-8)15(12,13)7-10(11)14-2/h3-6H,7H2,1-2H3. The topological polar surface area (TPSA) is 60.4 Å². The van der Waals surface area contributed by atoms with Crippen LogP contribution in [0.3, 0.4) is 0 Å². The highest BCUT2D eigenvalue weighted by Gasteiger charge is 2.19. The molecule has 0 aromatic heterocycles. The first-order valence-electron chi connectivity index (χ1n) is 4.32. The molecule has 0 unspecified atom stereocenters. The third kappa shape index (κ3) is 3.06. The van der Waals surface area contributed by atoms with Gasteiger partial charge in [0, 0.05) is 0 Å². The van der Waals surface area contributed by atoms with Crippen LogP contribution in [0, 0.1) is 6.92 Å². The molecule has 0 aliphatic carbocycles. The lowest BCUT2D eigenvalue weighted by Gasteiger charge is -2.03. The molecule has 0 aliphatic heterocycles. The molecule has 0 amide bonds. The number of rotatable bonds is 3. The average Bonchev–Trinajstić information content (AvgIpc) is 2.17. The minimum Gasteiger partial charge on any atom is -0.468 e. The second-order valence-electron chi connectivity index (χ2n) is 3.15. The van der Waals surface area contributed by atoms with E-state index in [1.165, 1.54) is 12.1 Å². The zero-order chi connectivity index (χ0) is 11.5. The van der Waals surface area contributed by atoms with E-state index in [2.05, 4.69) is 4.74 Å². The van der Waals surface area contributed by atoms with Crippen LogP contribution in [0.25, 0.3) is 0 Å². The van der Waals surface area contributed by atoms with E-state index in [1.54, 1.807) is 12.1 Å². The van der Waals surface area contributed by atoms with Crippen molar-refractivity contribution in [1.29, 1.82) is 0 Å². The first-order chi connectivity index (χ1) is 6.95. The first kappa shape index (κ1) is 11.7. The molecule has 4 nitrogen and oxygen atoms in total. The van der Waals surface area contributed by atoms with E-state index >= 15 is 0 Å². The maximum atomic E-state index is 11.6. The van der Waals surface area contributed by atoms with Crippen LogP contribution < -0.4 is 0 Å². The molecule has 1 aromatic rings. The second kappa shape index (κ2) is 4.44. The van der Waals surface area contributed by atoms with Gasteiger partial charge in [-0.1, -0.05) is 17.7 Å². The molecule has 0 aliphatic rings. The molecule has 0 spiro atoms. The molecule has 0 saturated heterocycles. The molecular formula is C10H12O4S. The molecule has 0 N–H and O–H groups in total. The lowest BCUT2D eigenvalue weighted by Crippen LogP contribution is -2.17. The largest absolute Gasteiger partial charge is 0.468 e. The summed E-state index contributed by atoms with van der Waals surface area (Å²) in [6.45, 7) is 1.86. The smallest absolute Gasteiger partial charge is 0.321 e. The Morgan fingerprint density at radius 2 is 1.80 bits per heavy atom. The van der Waals surface area contributed by atoms with E-state index in [4.69, 9.17) is 0 Å². The van der Waals surface area contributed by atoms with Crippen molar-refractivity contribution in [1.82, 2.24) is 0 Å². The Morgan fingerprint density at radius 3 is 2.27 bits per heavy atom. The summed E-state index contributed by atoms with van der Waals surface area (Å²) in [4.78, 5) is 11.0. The molecule has 0 saturated carbocycles. The number of carbonyl (C=O) groups excluding carboxylic acids is 1. The number of hydrogen-bond donors (Lipinski definition) is 0. The Kier molecular flexibility index (Phi) is 3.47. The van der Waals surface area contributed by atoms with Gasteiger partial charge in [0.2, 0.25) is 0 Å². The van der Waals surface area contributed by atoms with E-state index < -0.39 is 21.6 Å². The number of benzene rings is 1. The van der Waals surface area contributed by atoms with E-state index in [0.29, 0.717) is 0 Å². The van der Waals surface area contributed by atoms with Crippen molar-refractivity contribution < 1.29 is 17.9 Å². The summed E-state index contributed by atoms with van der Waals surface area (Å²) in [6.07, 6.45) is 0. The Bertz CT molecular complexity index is 445. The lowest BCUT2D eigenvalue weighted by atomic mass is 10.2. The van der Waals surface area contributed by atoms with Gasteiger partial charge in [0.15, 0.2) is 15.6 Å². The highest BCUT2D eigenvalue weighted by atomic mass is 32.2. The normalized spacial score (nSPS) is 11.1. The number of aryl methyl sites for hydroxylation is 1. The molecular weight excluding hydrogens is 216 g/mol. The second-order valence-corrected chi connectivity index (χ2v) is 5.14. The zero-order valence-corrected chi connectivity index (χ0v) is 9.37. The maximum Gasteiger partial charge on any atom is 0.321 e. The lowest BCUT2D eigenvalue weighted by molar-refractivity contribution is -0.137. The summed E-state index contributed by atoms with van der Waals surface area (Å²) in [6, 6.07) is 6.33. The predicted octanol–water partition coefficient (Wildman–Crippen LogP) is 0.942. The van der Waals surface area contributed by atoms with Crippen molar-refractivity contribution in [2.75, 3.05) is 12.9 Å². The Morgan fingerprint density at radius 1 is 1.27 bits per heavy atom. The maximum absolute atomic E-state index is 11.6. The molecule has 1 aromatic carbocycles. The number of carbonyl (C=O) groups is 1. The molecule has 0 atom stereocenters. The molecule has 0 heterocycles. The molecule has 0 fully saturated rings. The van der Waals surface area contributed by atoms with Crippen LogP contribution in [-0.2, 0) is 19.4 Å².